The van der Waals surface area contributed by atoms with Crippen molar-refractivity contribution < 1.29 is 5.21 Å². The summed E-state index contributed by atoms with van der Waals surface area (Å²) in [5.74, 6) is 0.730. The lowest BCUT2D eigenvalue weighted by Crippen LogP contribution is -2.43. The molecule has 0 aliphatic carbocycles. The maximum atomic E-state index is 9.05. The molecule has 1 saturated heterocycles. The molecule has 1 aliphatic heterocycles. The molecule has 0 spiro atoms. The van der Waals surface area contributed by atoms with Crippen molar-refractivity contribution in [2.75, 3.05) is 33.2 Å². The first-order valence-corrected chi connectivity index (χ1v) is 10.8. The van der Waals surface area contributed by atoms with Crippen LogP contribution in [0.1, 0.15) is 29.6 Å². The van der Waals surface area contributed by atoms with Gasteiger partial charge in [0.15, 0.2) is 11.5 Å². The minimum absolute atomic E-state index is 0.441. The molecule has 0 amide bonds. The third-order valence-corrected chi connectivity index (χ3v) is 6.01. The summed E-state index contributed by atoms with van der Waals surface area (Å²) in [7, 11) is 2.17. The van der Waals surface area contributed by atoms with Crippen LogP contribution in [0, 0.1) is 0 Å². The molecule has 0 bridgehead atoms. The second-order valence-corrected chi connectivity index (χ2v) is 8.42. The molecule has 1 N–H and O–H groups in total. The highest BCUT2D eigenvalue weighted by Gasteiger charge is 2.15. The van der Waals surface area contributed by atoms with E-state index in [9.17, 15) is 0 Å². The van der Waals surface area contributed by atoms with Crippen LogP contribution in [-0.2, 0) is 13.0 Å². The zero-order valence-corrected chi connectivity index (χ0v) is 18.3. The fourth-order valence-electron chi connectivity index (χ4n) is 4.06. The summed E-state index contributed by atoms with van der Waals surface area (Å²) in [5, 5.41) is 26.5. The van der Waals surface area contributed by atoms with Gasteiger partial charge in [0.05, 0.1) is 5.52 Å². The molecular formula is C23H26N8O. The van der Waals surface area contributed by atoms with E-state index in [1.54, 1.807) is 17.5 Å². The van der Waals surface area contributed by atoms with Gasteiger partial charge in [0.25, 0.3) is 0 Å². The highest BCUT2D eigenvalue weighted by Crippen LogP contribution is 2.19. The minimum Gasteiger partial charge on any atom is -0.411 e. The van der Waals surface area contributed by atoms with Crippen molar-refractivity contribution in [3.05, 3.63) is 65.2 Å². The predicted octanol–water partition coefficient (Wildman–Crippen LogP) is 2.21. The van der Waals surface area contributed by atoms with E-state index in [4.69, 9.17) is 5.21 Å². The monoisotopic (exact) mass is 430 g/mol. The van der Waals surface area contributed by atoms with Crippen molar-refractivity contribution in [2.45, 2.75) is 19.9 Å². The predicted molar refractivity (Wildman–Crippen MR) is 122 cm³/mol. The lowest BCUT2D eigenvalue weighted by Gasteiger charge is -2.32. The van der Waals surface area contributed by atoms with Gasteiger partial charge in [0, 0.05) is 50.7 Å². The second-order valence-electron chi connectivity index (χ2n) is 8.42. The molecule has 4 heterocycles. The van der Waals surface area contributed by atoms with Crippen molar-refractivity contribution in [1.29, 1.82) is 0 Å². The zero-order valence-electron chi connectivity index (χ0n) is 18.3. The van der Waals surface area contributed by atoms with E-state index < -0.39 is 0 Å². The molecule has 0 radical (unpaired) electrons. The van der Waals surface area contributed by atoms with Gasteiger partial charge in [0.1, 0.15) is 11.4 Å². The summed E-state index contributed by atoms with van der Waals surface area (Å²) in [6.45, 7) is 7.02. The van der Waals surface area contributed by atoms with E-state index in [0.717, 1.165) is 55.0 Å². The summed E-state index contributed by atoms with van der Waals surface area (Å²) in [5.41, 5.74) is 5.01. The van der Waals surface area contributed by atoms with E-state index in [1.807, 2.05) is 12.3 Å². The summed E-state index contributed by atoms with van der Waals surface area (Å²) in [4.78, 5) is 9.52. The Labute approximate surface area is 186 Å². The Bertz CT molecular complexity index is 1290. The Kier molecular flexibility index (Phi) is 5.50. The van der Waals surface area contributed by atoms with E-state index in [2.05, 4.69) is 66.5 Å². The zero-order chi connectivity index (χ0) is 22.1. The first-order chi connectivity index (χ1) is 15.6. The van der Waals surface area contributed by atoms with Gasteiger partial charge in [-0.15, -0.1) is 10.2 Å². The van der Waals surface area contributed by atoms with Crippen LogP contribution in [0.5, 0.6) is 0 Å². The van der Waals surface area contributed by atoms with Gasteiger partial charge in [-0.3, -0.25) is 9.88 Å². The molecule has 32 heavy (non-hydrogen) atoms. The fourth-order valence-corrected chi connectivity index (χ4v) is 4.06. The van der Waals surface area contributed by atoms with E-state index >= 15 is 0 Å². The highest BCUT2D eigenvalue weighted by molar-refractivity contribution is 5.96. The molecule has 9 nitrogen and oxygen atoms in total. The summed E-state index contributed by atoms with van der Waals surface area (Å²) in [6, 6.07) is 12.1. The number of fused-ring (bicyclic) bond motifs is 2. The topological polar surface area (TPSA) is 95.0 Å². The van der Waals surface area contributed by atoms with Crippen LogP contribution in [0.3, 0.4) is 0 Å². The van der Waals surface area contributed by atoms with Crippen LogP contribution in [0.2, 0.25) is 0 Å². The summed E-state index contributed by atoms with van der Waals surface area (Å²) in [6.07, 6.45) is 2.58. The number of aromatic nitrogens is 5. The molecule has 0 unspecified atom stereocenters. The standard InChI is InChI=1S/C23H26N8O/c1-16(28-32)20-5-6-22-25-26-23(31(22)27-20)13-17-3-4-21-19(11-17)12-18(14-24-21)15-30-9-7-29(2)8-10-30/h3-6,11-12,14,32H,7-10,13,15H2,1-2H3. The SMILES string of the molecule is CC(=NO)c1ccc2nnc(Cc3ccc4ncc(CN5CCN(C)CC5)cc4c3)n2n1. The van der Waals surface area contributed by atoms with Crippen molar-refractivity contribution in [3.63, 3.8) is 0 Å². The van der Waals surface area contributed by atoms with Crippen LogP contribution in [-0.4, -0.2) is 78.7 Å². The molecule has 0 atom stereocenters. The number of oxime groups is 1. The van der Waals surface area contributed by atoms with Gasteiger partial charge in [-0.2, -0.15) is 9.61 Å². The number of piperazine rings is 1. The van der Waals surface area contributed by atoms with Crippen LogP contribution in [0.4, 0.5) is 0 Å². The lowest BCUT2D eigenvalue weighted by atomic mass is 10.1. The van der Waals surface area contributed by atoms with Crippen molar-refractivity contribution in [1.82, 2.24) is 34.6 Å². The quantitative estimate of drug-likeness (QED) is 0.295. The molecule has 0 saturated carbocycles. The van der Waals surface area contributed by atoms with Crippen LogP contribution in [0.15, 0.2) is 47.8 Å². The number of hydrogen-bond acceptors (Lipinski definition) is 8. The Morgan fingerprint density at radius 2 is 1.84 bits per heavy atom. The summed E-state index contributed by atoms with van der Waals surface area (Å²) >= 11 is 0. The summed E-state index contributed by atoms with van der Waals surface area (Å²) < 4.78 is 1.70. The Morgan fingerprint density at radius 1 is 1.03 bits per heavy atom. The second kappa shape index (κ2) is 8.60. The Morgan fingerprint density at radius 3 is 2.66 bits per heavy atom. The molecule has 4 aromatic rings. The molecule has 9 heteroatoms. The van der Waals surface area contributed by atoms with Crippen molar-refractivity contribution in [2.24, 2.45) is 5.16 Å². The molecule has 1 aliphatic rings. The Hall–Kier alpha value is -3.43. The third-order valence-electron chi connectivity index (χ3n) is 6.01. The molecule has 3 aromatic heterocycles. The van der Waals surface area contributed by atoms with E-state index in [1.165, 1.54) is 5.56 Å². The fraction of sp³-hybridized carbons (Fsp3) is 0.348. The van der Waals surface area contributed by atoms with E-state index in [0.29, 0.717) is 23.5 Å². The van der Waals surface area contributed by atoms with Crippen LogP contribution < -0.4 is 0 Å². The number of benzene rings is 1. The first-order valence-electron chi connectivity index (χ1n) is 10.8. The number of pyridine rings is 1. The highest BCUT2D eigenvalue weighted by atomic mass is 16.4. The van der Waals surface area contributed by atoms with Gasteiger partial charge in [-0.25, -0.2) is 0 Å². The smallest absolute Gasteiger partial charge is 0.177 e. The molecule has 5 rings (SSSR count). The molecular weight excluding hydrogens is 404 g/mol. The first kappa shape index (κ1) is 20.5. The van der Waals surface area contributed by atoms with Gasteiger partial charge in [-0.1, -0.05) is 11.2 Å². The molecule has 1 fully saturated rings. The molecule has 1 aromatic carbocycles. The number of nitrogens with zero attached hydrogens (tertiary/aromatic N) is 8. The minimum atomic E-state index is 0.441. The van der Waals surface area contributed by atoms with Gasteiger partial charge in [0.2, 0.25) is 0 Å². The van der Waals surface area contributed by atoms with Gasteiger partial charge in [-0.05, 0) is 55.4 Å². The van der Waals surface area contributed by atoms with Gasteiger partial charge < -0.3 is 10.1 Å². The average molecular weight is 431 g/mol. The van der Waals surface area contributed by atoms with Crippen molar-refractivity contribution in [3.8, 4) is 0 Å². The molecule has 164 valence electrons. The maximum Gasteiger partial charge on any atom is 0.177 e. The Balaban J connectivity index is 1.40. The number of rotatable bonds is 5. The van der Waals surface area contributed by atoms with Crippen LogP contribution >= 0.6 is 0 Å². The third kappa shape index (κ3) is 4.17. The normalized spacial score (nSPS) is 16.2. The van der Waals surface area contributed by atoms with Crippen molar-refractivity contribution >= 4 is 22.3 Å². The number of likely N-dealkylation sites (N-methyl/N-ethyl adjacent to an activating group) is 1. The lowest BCUT2D eigenvalue weighted by molar-refractivity contribution is 0.148. The number of hydrogen-bond donors (Lipinski definition) is 1. The largest absolute Gasteiger partial charge is 0.411 e. The average Bonchev–Trinajstić information content (AvgIpc) is 3.21. The van der Waals surface area contributed by atoms with Gasteiger partial charge >= 0.3 is 0 Å². The van der Waals surface area contributed by atoms with Crippen LogP contribution in [0.25, 0.3) is 16.6 Å². The van der Waals surface area contributed by atoms with E-state index in [-0.39, 0.29) is 0 Å². The maximum absolute atomic E-state index is 9.05.